The first-order valence-electron chi connectivity index (χ1n) is 6.01. The molecule has 1 aromatic carbocycles. The molecule has 106 valence electrons. The summed E-state index contributed by atoms with van der Waals surface area (Å²) in [5.41, 5.74) is 0.813. The Labute approximate surface area is 117 Å². The summed E-state index contributed by atoms with van der Waals surface area (Å²) in [7, 11) is 0. The Bertz CT molecular complexity index is 848. The average molecular weight is 287 g/mol. The van der Waals surface area contributed by atoms with E-state index in [1.165, 1.54) is 24.3 Å². The fraction of sp³-hybridized carbons (Fsp3) is 0.0769. The van der Waals surface area contributed by atoms with Crippen LogP contribution in [0.2, 0.25) is 0 Å². The number of hydrogen-bond donors (Lipinski definition) is 0. The van der Waals surface area contributed by atoms with Gasteiger partial charge in [-0.1, -0.05) is 0 Å². The molecule has 0 spiro atoms. The predicted octanol–water partition coefficient (Wildman–Crippen LogP) is 3.10. The number of nitrogens with zero attached hydrogens (tertiary/aromatic N) is 3. The normalized spacial score (nSPS) is 10.9. The number of aromatic nitrogens is 1. The lowest BCUT2D eigenvalue weighted by molar-refractivity contribution is -0.402. The third-order valence-electron chi connectivity index (χ3n) is 3.12. The summed E-state index contributed by atoms with van der Waals surface area (Å²) in [4.78, 5) is 20.3. The predicted molar refractivity (Wildman–Crippen MR) is 73.1 cm³/mol. The van der Waals surface area contributed by atoms with Gasteiger partial charge >= 0.3 is 5.88 Å². The molecule has 0 fully saturated rings. The Kier molecular flexibility index (Phi) is 2.90. The lowest BCUT2D eigenvalue weighted by atomic mass is 10.2. The van der Waals surface area contributed by atoms with E-state index in [-0.39, 0.29) is 11.6 Å². The van der Waals surface area contributed by atoms with Crippen LogP contribution in [-0.2, 0) is 6.54 Å². The molecule has 2 heterocycles. The van der Waals surface area contributed by atoms with Gasteiger partial charge in [0.2, 0.25) is 0 Å². The number of nitro groups is 2. The average Bonchev–Trinajstić information content (AvgIpc) is 3.06. The number of furan rings is 1. The zero-order valence-corrected chi connectivity index (χ0v) is 10.6. The van der Waals surface area contributed by atoms with E-state index in [0.29, 0.717) is 12.3 Å². The van der Waals surface area contributed by atoms with Crippen LogP contribution in [0.15, 0.2) is 47.0 Å². The summed E-state index contributed by atoms with van der Waals surface area (Å²) < 4.78 is 6.91. The van der Waals surface area contributed by atoms with Crippen molar-refractivity contribution in [3.8, 4) is 0 Å². The van der Waals surface area contributed by atoms with E-state index in [2.05, 4.69) is 0 Å². The van der Waals surface area contributed by atoms with Gasteiger partial charge in [-0.25, -0.2) is 0 Å². The molecule has 0 saturated heterocycles. The van der Waals surface area contributed by atoms with Crippen LogP contribution in [-0.4, -0.2) is 14.4 Å². The van der Waals surface area contributed by atoms with E-state index in [0.717, 1.165) is 10.9 Å². The minimum atomic E-state index is -0.597. The summed E-state index contributed by atoms with van der Waals surface area (Å²) in [6.07, 6.45) is 1.75. The molecule has 0 unspecified atom stereocenters. The molecule has 0 saturated carbocycles. The van der Waals surface area contributed by atoms with Gasteiger partial charge in [-0.05, 0) is 18.2 Å². The largest absolute Gasteiger partial charge is 0.433 e. The van der Waals surface area contributed by atoms with Crippen LogP contribution in [0, 0.1) is 20.2 Å². The topological polar surface area (TPSA) is 104 Å². The second kappa shape index (κ2) is 4.75. The summed E-state index contributed by atoms with van der Waals surface area (Å²) in [6, 6.07) is 9.13. The first-order valence-corrected chi connectivity index (χ1v) is 6.01. The molecule has 0 aliphatic carbocycles. The summed E-state index contributed by atoms with van der Waals surface area (Å²) in [5.74, 6) is 0.134. The van der Waals surface area contributed by atoms with E-state index in [1.807, 2.05) is 4.57 Å². The zero-order chi connectivity index (χ0) is 15.0. The van der Waals surface area contributed by atoms with Crippen molar-refractivity contribution in [2.45, 2.75) is 6.54 Å². The van der Waals surface area contributed by atoms with Gasteiger partial charge in [0.25, 0.3) is 5.69 Å². The van der Waals surface area contributed by atoms with Crippen molar-refractivity contribution >= 4 is 22.5 Å². The lowest BCUT2D eigenvalue weighted by Crippen LogP contribution is -1.96. The third-order valence-corrected chi connectivity index (χ3v) is 3.12. The quantitative estimate of drug-likeness (QED) is 0.541. The van der Waals surface area contributed by atoms with E-state index in [4.69, 9.17) is 4.42 Å². The number of hydrogen-bond acceptors (Lipinski definition) is 5. The maximum absolute atomic E-state index is 10.7. The van der Waals surface area contributed by atoms with Crippen LogP contribution in [0.3, 0.4) is 0 Å². The highest BCUT2D eigenvalue weighted by atomic mass is 16.6. The Morgan fingerprint density at radius 2 is 1.86 bits per heavy atom. The van der Waals surface area contributed by atoms with E-state index < -0.39 is 9.85 Å². The first-order chi connectivity index (χ1) is 10.0. The second-order valence-electron chi connectivity index (χ2n) is 4.44. The number of benzene rings is 1. The Morgan fingerprint density at radius 3 is 2.52 bits per heavy atom. The van der Waals surface area contributed by atoms with Gasteiger partial charge in [0.05, 0.1) is 17.5 Å². The summed E-state index contributed by atoms with van der Waals surface area (Å²) in [6.45, 7) is 0.315. The third kappa shape index (κ3) is 2.34. The van der Waals surface area contributed by atoms with Gasteiger partial charge in [0, 0.05) is 29.2 Å². The van der Waals surface area contributed by atoms with E-state index in [9.17, 15) is 20.2 Å². The van der Waals surface area contributed by atoms with Crippen molar-refractivity contribution in [3.63, 3.8) is 0 Å². The highest BCUT2D eigenvalue weighted by Gasteiger charge is 2.13. The van der Waals surface area contributed by atoms with Crippen LogP contribution in [0.4, 0.5) is 11.6 Å². The van der Waals surface area contributed by atoms with E-state index in [1.54, 1.807) is 18.3 Å². The maximum Gasteiger partial charge on any atom is 0.433 e. The maximum atomic E-state index is 10.7. The van der Waals surface area contributed by atoms with Crippen molar-refractivity contribution in [2.24, 2.45) is 0 Å². The molecule has 0 atom stereocenters. The second-order valence-corrected chi connectivity index (χ2v) is 4.44. The standard InChI is InChI=1S/C13H9N3O5/c17-15(18)10-1-3-12-9(7-10)5-6-14(12)8-11-2-4-13(21-11)16(19)20/h1-7H,8H2. The summed E-state index contributed by atoms with van der Waals surface area (Å²) in [5, 5.41) is 22.0. The molecule has 3 aromatic rings. The molecule has 0 radical (unpaired) electrons. The minimum Gasteiger partial charge on any atom is -0.404 e. The van der Waals surface area contributed by atoms with Gasteiger partial charge in [-0.2, -0.15) is 0 Å². The first kappa shape index (κ1) is 12.9. The fourth-order valence-corrected chi connectivity index (χ4v) is 2.16. The molecule has 0 amide bonds. The van der Waals surface area contributed by atoms with Crippen molar-refractivity contribution < 1.29 is 14.3 Å². The number of rotatable bonds is 4. The van der Waals surface area contributed by atoms with Gasteiger partial charge in [-0.3, -0.25) is 20.2 Å². The fourth-order valence-electron chi connectivity index (χ4n) is 2.16. The molecular formula is C13H9N3O5. The Balaban J connectivity index is 1.93. The number of fused-ring (bicyclic) bond motifs is 1. The SMILES string of the molecule is O=[N+]([O-])c1ccc2c(ccn2Cc2ccc([N+](=O)[O-])o2)c1. The molecule has 0 bridgehead atoms. The van der Waals surface area contributed by atoms with Crippen LogP contribution < -0.4 is 0 Å². The lowest BCUT2D eigenvalue weighted by Gasteiger charge is -2.02. The molecule has 0 aliphatic rings. The van der Waals surface area contributed by atoms with Gasteiger partial charge < -0.3 is 8.98 Å². The zero-order valence-electron chi connectivity index (χ0n) is 10.6. The monoisotopic (exact) mass is 287 g/mol. The van der Waals surface area contributed by atoms with Crippen LogP contribution in [0.5, 0.6) is 0 Å². The molecule has 21 heavy (non-hydrogen) atoms. The molecule has 0 aliphatic heterocycles. The summed E-state index contributed by atoms with van der Waals surface area (Å²) >= 11 is 0. The smallest absolute Gasteiger partial charge is 0.404 e. The minimum absolute atomic E-state index is 0.0221. The van der Waals surface area contributed by atoms with Gasteiger partial charge in [0.1, 0.15) is 10.7 Å². The molecule has 0 N–H and O–H groups in total. The molecular weight excluding hydrogens is 278 g/mol. The molecule has 3 rings (SSSR count). The van der Waals surface area contributed by atoms with Crippen molar-refractivity contribution in [1.29, 1.82) is 0 Å². The van der Waals surface area contributed by atoms with Gasteiger partial charge in [-0.15, -0.1) is 0 Å². The number of non-ortho nitro benzene ring substituents is 1. The van der Waals surface area contributed by atoms with Crippen molar-refractivity contribution in [3.05, 3.63) is 68.6 Å². The van der Waals surface area contributed by atoms with Crippen molar-refractivity contribution in [2.75, 3.05) is 0 Å². The Morgan fingerprint density at radius 1 is 1.05 bits per heavy atom. The van der Waals surface area contributed by atoms with Crippen molar-refractivity contribution in [1.82, 2.24) is 4.57 Å². The highest BCUT2D eigenvalue weighted by molar-refractivity contribution is 5.82. The highest BCUT2D eigenvalue weighted by Crippen LogP contribution is 2.24. The van der Waals surface area contributed by atoms with Gasteiger partial charge in [0.15, 0.2) is 0 Å². The molecule has 8 heteroatoms. The number of nitro benzene ring substituents is 1. The molecule has 2 aromatic heterocycles. The molecule has 8 nitrogen and oxygen atoms in total. The van der Waals surface area contributed by atoms with E-state index >= 15 is 0 Å². The van der Waals surface area contributed by atoms with Crippen LogP contribution in [0.25, 0.3) is 10.9 Å². The van der Waals surface area contributed by atoms with Crippen LogP contribution in [0.1, 0.15) is 5.76 Å². The Hall–Kier alpha value is -3.16. The van der Waals surface area contributed by atoms with Crippen LogP contribution >= 0.6 is 0 Å².